The molecule has 0 bridgehead atoms. The Morgan fingerprint density at radius 2 is 1.59 bits per heavy atom. The number of ether oxygens (including phenoxy) is 1. The van der Waals surface area contributed by atoms with Crippen molar-refractivity contribution in [3.05, 3.63) is 72.1 Å². The van der Waals surface area contributed by atoms with E-state index >= 15 is 0 Å². The van der Waals surface area contributed by atoms with Crippen LogP contribution in [0.2, 0.25) is 0 Å². The van der Waals surface area contributed by atoms with E-state index in [4.69, 9.17) is 4.74 Å². The Morgan fingerprint density at radius 3 is 2.24 bits per heavy atom. The maximum atomic E-state index is 13.7. The van der Waals surface area contributed by atoms with Crippen molar-refractivity contribution < 1.29 is 31.1 Å². The van der Waals surface area contributed by atoms with Gasteiger partial charge in [-0.15, -0.1) is 13.2 Å². The van der Waals surface area contributed by atoms with Gasteiger partial charge in [-0.05, 0) is 42.8 Å². The number of hydrogen-bond acceptors (Lipinski definition) is 4. The van der Waals surface area contributed by atoms with E-state index in [1.807, 2.05) is 0 Å². The molecule has 0 saturated heterocycles. The van der Waals surface area contributed by atoms with Crippen LogP contribution in [0.15, 0.2) is 60.9 Å². The molecule has 0 radical (unpaired) electrons. The van der Waals surface area contributed by atoms with Crippen molar-refractivity contribution in [3.8, 4) is 11.6 Å². The lowest BCUT2D eigenvalue weighted by Crippen LogP contribution is -2.34. The van der Waals surface area contributed by atoms with Crippen molar-refractivity contribution in [1.82, 2.24) is 9.97 Å². The van der Waals surface area contributed by atoms with Gasteiger partial charge in [0.25, 0.3) is 0 Å². The topological polar surface area (TPSA) is 38.2 Å². The van der Waals surface area contributed by atoms with Gasteiger partial charge in [-0.1, -0.05) is 18.2 Å². The molecule has 3 rings (SSSR count). The van der Waals surface area contributed by atoms with Crippen LogP contribution in [-0.2, 0) is 6.18 Å². The van der Waals surface area contributed by atoms with Crippen LogP contribution in [0.5, 0.6) is 11.6 Å². The highest BCUT2D eigenvalue weighted by Gasteiger charge is 2.40. The molecule has 0 unspecified atom stereocenters. The predicted octanol–water partition coefficient (Wildman–Crippen LogP) is 6.25. The standard InChI is InChI=1S/C19H13F6N3O/c1-12-4-2-6-14(8-12)28(19(23,24)25)16-10-17(27-11-26-16)29-15-7-3-5-13(9-15)18(20,21)22/h2-11H,1H3. The molecule has 0 amide bonds. The number of aromatic nitrogens is 2. The lowest BCUT2D eigenvalue weighted by molar-refractivity contribution is -0.137. The maximum Gasteiger partial charge on any atom is 0.490 e. The molecule has 0 spiro atoms. The third kappa shape index (κ3) is 4.95. The van der Waals surface area contributed by atoms with Gasteiger partial charge in [0.1, 0.15) is 17.9 Å². The van der Waals surface area contributed by atoms with Crippen molar-refractivity contribution >= 4 is 11.5 Å². The van der Waals surface area contributed by atoms with Crippen LogP contribution >= 0.6 is 0 Å². The highest BCUT2D eigenvalue weighted by molar-refractivity contribution is 5.62. The second-order valence-corrected chi connectivity index (χ2v) is 5.98. The summed E-state index contributed by atoms with van der Waals surface area (Å²) >= 11 is 0. The Bertz CT molecular complexity index is 1000. The molecule has 2 aromatic carbocycles. The molecule has 0 saturated carbocycles. The fraction of sp³-hybridized carbons (Fsp3) is 0.158. The molecule has 152 valence electrons. The molecular weight excluding hydrogens is 400 g/mol. The second kappa shape index (κ2) is 7.61. The average molecular weight is 413 g/mol. The number of nitrogens with zero attached hydrogens (tertiary/aromatic N) is 3. The summed E-state index contributed by atoms with van der Waals surface area (Å²) in [5, 5.41) is 0. The number of alkyl halides is 6. The molecule has 10 heteroatoms. The highest BCUT2D eigenvalue weighted by Crippen LogP contribution is 2.37. The first-order valence-electron chi connectivity index (χ1n) is 8.15. The third-order valence-electron chi connectivity index (χ3n) is 3.75. The minimum atomic E-state index is -4.81. The third-order valence-corrected chi connectivity index (χ3v) is 3.75. The summed E-state index contributed by atoms with van der Waals surface area (Å²) in [5.41, 5.74) is -0.534. The normalized spacial score (nSPS) is 12.0. The number of benzene rings is 2. The number of aryl methyl sites for hydroxylation is 1. The number of hydrogen-bond donors (Lipinski definition) is 0. The van der Waals surface area contributed by atoms with Crippen molar-refractivity contribution in [2.45, 2.75) is 19.4 Å². The lowest BCUT2D eigenvalue weighted by Gasteiger charge is -2.26. The number of anilines is 2. The van der Waals surface area contributed by atoms with Crippen LogP contribution in [0, 0.1) is 6.92 Å². The molecule has 0 aliphatic heterocycles. The molecule has 3 aromatic rings. The van der Waals surface area contributed by atoms with Crippen LogP contribution in [-0.4, -0.2) is 16.3 Å². The summed E-state index contributed by atoms with van der Waals surface area (Å²) in [5.74, 6) is -1.10. The van der Waals surface area contributed by atoms with Crippen molar-refractivity contribution in [2.75, 3.05) is 4.90 Å². The van der Waals surface area contributed by atoms with E-state index < -0.39 is 23.9 Å². The van der Waals surface area contributed by atoms with Crippen molar-refractivity contribution in [3.63, 3.8) is 0 Å². The van der Waals surface area contributed by atoms with Gasteiger partial charge in [0.05, 0.1) is 11.3 Å². The zero-order valence-corrected chi connectivity index (χ0v) is 14.8. The van der Waals surface area contributed by atoms with Gasteiger partial charge in [0.15, 0.2) is 0 Å². The minimum absolute atomic E-state index is 0.0284. The van der Waals surface area contributed by atoms with E-state index in [0.29, 0.717) is 5.56 Å². The van der Waals surface area contributed by atoms with Gasteiger partial charge < -0.3 is 4.74 Å². The first-order chi connectivity index (χ1) is 13.5. The van der Waals surface area contributed by atoms with Gasteiger partial charge in [-0.2, -0.15) is 13.2 Å². The monoisotopic (exact) mass is 413 g/mol. The molecular formula is C19H13F6N3O. The van der Waals surface area contributed by atoms with E-state index in [2.05, 4.69) is 9.97 Å². The van der Waals surface area contributed by atoms with Crippen LogP contribution < -0.4 is 9.64 Å². The predicted molar refractivity (Wildman–Crippen MR) is 92.9 cm³/mol. The molecule has 0 aliphatic rings. The summed E-state index contributed by atoms with van der Waals surface area (Å²) < 4.78 is 84.7. The zero-order chi connectivity index (χ0) is 21.2. The molecule has 4 nitrogen and oxygen atoms in total. The summed E-state index contributed by atoms with van der Waals surface area (Å²) in [7, 11) is 0. The summed E-state index contributed by atoms with van der Waals surface area (Å²) in [6.45, 7) is 1.64. The molecule has 29 heavy (non-hydrogen) atoms. The molecule has 1 heterocycles. The van der Waals surface area contributed by atoms with Crippen molar-refractivity contribution in [2.24, 2.45) is 0 Å². The number of rotatable bonds is 4. The first kappa shape index (κ1) is 20.4. The summed E-state index contributed by atoms with van der Waals surface area (Å²) in [6.07, 6.45) is -8.56. The van der Waals surface area contributed by atoms with E-state index in [-0.39, 0.29) is 22.2 Å². The second-order valence-electron chi connectivity index (χ2n) is 5.98. The minimum Gasteiger partial charge on any atom is -0.439 e. The summed E-state index contributed by atoms with van der Waals surface area (Å²) in [6, 6.07) is 10.5. The Kier molecular flexibility index (Phi) is 5.36. The Hall–Kier alpha value is -3.30. The molecule has 0 atom stereocenters. The van der Waals surface area contributed by atoms with Gasteiger partial charge in [0, 0.05) is 6.07 Å². The smallest absolute Gasteiger partial charge is 0.439 e. The maximum absolute atomic E-state index is 13.7. The quantitative estimate of drug-likeness (QED) is 0.374. The van der Waals surface area contributed by atoms with Crippen LogP contribution in [0.4, 0.5) is 37.8 Å². The Labute approximate surface area is 161 Å². The Balaban J connectivity index is 1.96. The SMILES string of the molecule is Cc1cccc(N(c2cc(Oc3cccc(C(F)(F)F)c3)ncn2)C(F)(F)F)c1. The van der Waals surface area contributed by atoms with Gasteiger partial charge in [-0.3, -0.25) is 0 Å². The molecule has 0 N–H and O–H groups in total. The van der Waals surface area contributed by atoms with E-state index in [0.717, 1.165) is 30.6 Å². The first-order valence-corrected chi connectivity index (χ1v) is 8.15. The molecule has 0 fully saturated rings. The zero-order valence-electron chi connectivity index (χ0n) is 14.8. The number of halogens is 6. The molecule has 0 aliphatic carbocycles. The lowest BCUT2D eigenvalue weighted by atomic mass is 10.2. The highest BCUT2D eigenvalue weighted by atomic mass is 19.4. The van der Waals surface area contributed by atoms with Gasteiger partial charge in [0.2, 0.25) is 5.88 Å². The van der Waals surface area contributed by atoms with Crippen molar-refractivity contribution in [1.29, 1.82) is 0 Å². The van der Waals surface area contributed by atoms with E-state index in [1.165, 1.54) is 24.3 Å². The van der Waals surface area contributed by atoms with Crippen LogP contribution in [0.25, 0.3) is 0 Å². The van der Waals surface area contributed by atoms with Gasteiger partial charge in [-0.25, -0.2) is 14.9 Å². The fourth-order valence-corrected chi connectivity index (χ4v) is 2.54. The fourth-order valence-electron chi connectivity index (χ4n) is 2.54. The average Bonchev–Trinajstić information content (AvgIpc) is 2.60. The van der Waals surface area contributed by atoms with E-state index in [1.54, 1.807) is 13.0 Å². The Morgan fingerprint density at radius 1 is 0.862 bits per heavy atom. The van der Waals surface area contributed by atoms with Crippen LogP contribution in [0.3, 0.4) is 0 Å². The molecule has 1 aromatic heterocycles. The largest absolute Gasteiger partial charge is 0.490 e. The van der Waals surface area contributed by atoms with E-state index in [9.17, 15) is 26.3 Å². The van der Waals surface area contributed by atoms with Crippen LogP contribution in [0.1, 0.15) is 11.1 Å². The van der Waals surface area contributed by atoms with Gasteiger partial charge >= 0.3 is 12.5 Å². The summed E-state index contributed by atoms with van der Waals surface area (Å²) in [4.78, 5) is 7.37.